The molecule has 0 aliphatic rings. The Hall–Kier alpha value is -2.75. The summed E-state index contributed by atoms with van der Waals surface area (Å²) in [5, 5.41) is 9.69. The molecule has 0 radical (unpaired) electrons. The van der Waals surface area contributed by atoms with Crippen molar-refractivity contribution in [2.45, 2.75) is 277 Å². The van der Waals surface area contributed by atoms with Gasteiger partial charge in [0.25, 0.3) is 6.29 Å². The van der Waals surface area contributed by atoms with E-state index in [1.54, 1.807) is 0 Å². The summed E-state index contributed by atoms with van der Waals surface area (Å²) < 4.78 is 22.8. The number of aliphatic carboxylic acids is 1. The van der Waals surface area contributed by atoms with Gasteiger partial charge >= 0.3 is 17.9 Å². The lowest BCUT2D eigenvalue weighted by Gasteiger charge is -2.25. The first-order valence-electron chi connectivity index (χ1n) is 29.3. The van der Waals surface area contributed by atoms with Crippen LogP contribution in [0, 0.1) is 0 Å². The van der Waals surface area contributed by atoms with Gasteiger partial charge in [0.05, 0.1) is 34.4 Å². The van der Waals surface area contributed by atoms with Gasteiger partial charge in [-0.1, -0.05) is 229 Å². The zero-order valence-corrected chi connectivity index (χ0v) is 46.4. The maximum atomic E-state index is 12.9. The van der Waals surface area contributed by atoms with Crippen molar-refractivity contribution in [1.82, 2.24) is 0 Å². The largest absolute Gasteiger partial charge is 0.477 e. The Balaban J connectivity index is 4.11. The van der Waals surface area contributed by atoms with E-state index in [2.05, 4.69) is 62.5 Å². The Bertz CT molecular complexity index is 1290. The Morgan fingerprint density at radius 2 is 0.786 bits per heavy atom. The zero-order valence-electron chi connectivity index (χ0n) is 46.4. The first-order chi connectivity index (χ1) is 34.1. The second kappa shape index (κ2) is 52.6. The smallest absolute Gasteiger partial charge is 0.361 e. The molecule has 0 fully saturated rings. The van der Waals surface area contributed by atoms with E-state index < -0.39 is 24.3 Å². The van der Waals surface area contributed by atoms with E-state index in [1.807, 2.05) is 21.1 Å². The molecule has 0 saturated heterocycles. The number of hydrogen-bond acceptors (Lipinski definition) is 7. The Morgan fingerprint density at radius 1 is 0.429 bits per heavy atom. The van der Waals surface area contributed by atoms with E-state index >= 15 is 0 Å². The number of carboxylic acids is 1. The van der Waals surface area contributed by atoms with E-state index in [4.69, 9.17) is 18.9 Å². The molecule has 70 heavy (non-hydrogen) atoms. The first-order valence-corrected chi connectivity index (χ1v) is 29.3. The number of ether oxygens (including phenoxy) is 4. The van der Waals surface area contributed by atoms with Gasteiger partial charge < -0.3 is 28.5 Å². The number of allylic oxidation sites excluding steroid dienone is 8. The van der Waals surface area contributed by atoms with Crippen molar-refractivity contribution in [2.75, 3.05) is 47.5 Å². The molecule has 2 atom stereocenters. The van der Waals surface area contributed by atoms with Crippen LogP contribution in [0.5, 0.6) is 0 Å². The van der Waals surface area contributed by atoms with Gasteiger partial charge in [0.1, 0.15) is 13.2 Å². The highest BCUT2D eigenvalue weighted by molar-refractivity contribution is 5.71. The van der Waals surface area contributed by atoms with Crippen LogP contribution in [0.1, 0.15) is 264 Å². The molecule has 408 valence electrons. The number of unbranched alkanes of at least 4 members (excludes halogenated alkanes) is 31. The highest BCUT2D eigenvalue weighted by atomic mass is 16.7. The van der Waals surface area contributed by atoms with Gasteiger partial charge in [-0.2, -0.15) is 0 Å². The number of esters is 2. The van der Waals surface area contributed by atoms with E-state index in [0.717, 1.165) is 70.6 Å². The number of rotatable bonds is 54. The highest BCUT2D eigenvalue weighted by Gasteiger charge is 2.25. The zero-order chi connectivity index (χ0) is 51.3. The molecule has 2 unspecified atom stereocenters. The SMILES string of the molecule is CCCC/C=C\C/C=C\CCCCCCCC(=O)OCC(COC(OCC[N+](C)(C)C)C(=O)O)OC(=O)CCCCCCCCCCCCCCCCCCCCC/C=C\C/C=C\CCCCCCC. The fraction of sp³-hybridized carbons (Fsp3) is 0.820. The summed E-state index contributed by atoms with van der Waals surface area (Å²) in [6, 6.07) is 0. The van der Waals surface area contributed by atoms with Gasteiger partial charge in [0.15, 0.2) is 6.10 Å². The van der Waals surface area contributed by atoms with Crippen molar-refractivity contribution in [3.63, 3.8) is 0 Å². The molecule has 9 heteroatoms. The second-order valence-electron chi connectivity index (χ2n) is 20.9. The Kier molecular flexibility index (Phi) is 50.5. The minimum Gasteiger partial charge on any atom is -0.477 e. The van der Waals surface area contributed by atoms with Crippen LogP contribution >= 0.6 is 0 Å². The second-order valence-corrected chi connectivity index (χ2v) is 20.9. The number of carbonyl (C=O) groups is 3. The molecule has 0 rings (SSSR count). The van der Waals surface area contributed by atoms with Crippen molar-refractivity contribution in [2.24, 2.45) is 0 Å². The van der Waals surface area contributed by atoms with Gasteiger partial charge in [-0.15, -0.1) is 0 Å². The van der Waals surface area contributed by atoms with Crippen LogP contribution in [0.3, 0.4) is 0 Å². The van der Waals surface area contributed by atoms with Crippen molar-refractivity contribution < 1.29 is 42.9 Å². The lowest BCUT2D eigenvalue weighted by atomic mass is 10.0. The van der Waals surface area contributed by atoms with E-state index in [-0.39, 0.29) is 38.6 Å². The molecule has 0 aromatic carbocycles. The van der Waals surface area contributed by atoms with Crippen LogP contribution in [0.15, 0.2) is 48.6 Å². The molecule has 0 bridgehead atoms. The molecule has 0 saturated carbocycles. The summed E-state index contributed by atoms with van der Waals surface area (Å²) in [4.78, 5) is 37.3. The highest BCUT2D eigenvalue weighted by Crippen LogP contribution is 2.17. The summed E-state index contributed by atoms with van der Waals surface area (Å²) in [7, 11) is 5.96. The molecule has 0 aromatic heterocycles. The maximum absolute atomic E-state index is 12.9. The van der Waals surface area contributed by atoms with Crippen LogP contribution in [0.25, 0.3) is 0 Å². The van der Waals surface area contributed by atoms with Gasteiger partial charge in [-0.25, -0.2) is 4.79 Å². The Labute approximate surface area is 432 Å². The van der Waals surface area contributed by atoms with E-state index in [0.29, 0.717) is 11.0 Å². The monoisotopic (exact) mass is 987 g/mol. The number of carboxylic acid groups (broad SMARTS) is 1. The average Bonchev–Trinajstić information content (AvgIpc) is 3.33. The third-order valence-electron chi connectivity index (χ3n) is 12.8. The fourth-order valence-electron chi connectivity index (χ4n) is 8.24. The number of nitrogens with zero attached hydrogens (tertiary/aromatic N) is 1. The fourth-order valence-corrected chi connectivity index (χ4v) is 8.24. The molecule has 0 amide bonds. The van der Waals surface area contributed by atoms with Crippen LogP contribution in [-0.2, 0) is 33.3 Å². The van der Waals surface area contributed by atoms with Gasteiger partial charge in [0, 0.05) is 12.8 Å². The van der Waals surface area contributed by atoms with Gasteiger partial charge in [-0.3, -0.25) is 9.59 Å². The molecular weight excluding hydrogens is 875 g/mol. The minimum atomic E-state index is -1.51. The van der Waals surface area contributed by atoms with Crippen molar-refractivity contribution in [1.29, 1.82) is 0 Å². The summed E-state index contributed by atoms with van der Waals surface area (Å²) in [5.74, 6) is -2.01. The third-order valence-corrected chi connectivity index (χ3v) is 12.8. The third kappa shape index (κ3) is 53.1. The Morgan fingerprint density at radius 3 is 1.17 bits per heavy atom. The molecule has 0 spiro atoms. The van der Waals surface area contributed by atoms with Crippen molar-refractivity contribution >= 4 is 17.9 Å². The molecule has 0 aliphatic carbocycles. The summed E-state index contributed by atoms with van der Waals surface area (Å²) in [6.45, 7) is 4.83. The topological polar surface area (TPSA) is 108 Å². The van der Waals surface area contributed by atoms with Crippen LogP contribution in [-0.4, -0.2) is 87.4 Å². The molecule has 0 aliphatic heterocycles. The van der Waals surface area contributed by atoms with Crippen molar-refractivity contribution in [3.8, 4) is 0 Å². The number of hydrogen-bond donors (Lipinski definition) is 1. The van der Waals surface area contributed by atoms with Crippen molar-refractivity contribution in [3.05, 3.63) is 48.6 Å². The number of quaternary nitrogens is 1. The predicted molar refractivity (Wildman–Crippen MR) is 295 cm³/mol. The lowest BCUT2D eigenvalue weighted by molar-refractivity contribution is -0.870. The van der Waals surface area contributed by atoms with Crippen LogP contribution < -0.4 is 0 Å². The normalized spacial score (nSPS) is 13.1. The first kappa shape index (κ1) is 67.2. The van der Waals surface area contributed by atoms with E-state index in [1.165, 1.54) is 167 Å². The molecular formula is C61H112NO8+. The molecule has 1 N–H and O–H groups in total. The standard InChI is InChI=1S/C61H111NO8/c1-6-8-10-12-14-16-18-20-22-23-24-25-26-27-28-29-30-31-32-33-34-35-36-37-38-40-42-44-46-48-50-52-59(64)70-57(56-69-61(60(65)66)67-54-53-62(3,4)5)55-68-58(63)51-49-47-45-43-41-39-21-19-17-15-13-11-9-7-2/h13,15,18-21,23-24,57,61H,6-12,14,16-17,22,25-56H2,1-5H3/p+1/b15-13-,20-18-,21-19-,24-23-. The summed E-state index contributed by atoms with van der Waals surface area (Å²) in [6.07, 6.45) is 62.0. The number of likely N-dealkylation sites (N-methyl/N-ethyl adjacent to an activating group) is 1. The van der Waals surface area contributed by atoms with Gasteiger partial charge in [0.2, 0.25) is 0 Å². The quantitative estimate of drug-likeness (QED) is 0.0211. The van der Waals surface area contributed by atoms with Crippen LogP contribution in [0.4, 0.5) is 0 Å². The summed E-state index contributed by atoms with van der Waals surface area (Å²) >= 11 is 0. The van der Waals surface area contributed by atoms with Crippen LogP contribution in [0.2, 0.25) is 0 Å². The molecule has 0 aromatic rings. The minimum absolute atomic E-state index is 0.186. The lowest BCUT2D eigenvalue weighted by Crippen LogP contribution is -2.40. The average molecular weight is 988 g/mol. The molecule has 9 nitrogen and oxygen atoms in total. The van der Waals surface area contributed by atoms with Gasteiger partial charge in [-0.05, 0) is 70.6 Å². The van der Waals surface area contributed by atoms with E-state index in [9.17, 15) is 19.5 Å². The predicted octanol–water partition coefficient (Wildman–Crippen LogP) is 17.1. The molecule has 0 heterocycles. The number of carbonyl (C=O) groups excluding carboxylic acids is 2. The maximum Gasteiger partial charge on any atom is 0.361 e. The summed E-state index contributed by atoms with van der Waals surface area (Å²) in [5.41, 5.74) is 0.